The topological polar surface area (TPSA) is 74.7 Å². The number of carbonyl (C=O) groups excluding carboxylic acids is 2. The van der Waals surface area contributed by atoms with E-state index in [-0.39, 0.29) is 36.6 Å². The second kappa shape index (κ2) is 5.31. The van der Waals surface area contributed by atoms with Crippen molar-refractivity contribution < 1.29 is 19.5 Å². The number of carboxylic acid groups (broad SMARTS) is 1. The van der Waals surface area contributed by atoms with E-state index in [0.29, 0.717) is 0 Å². The molecule has 19 heavy (non-hydrogen) atoms. The first-order chi connectivity index (χ1) is 8.61. The molecule has 1 N–H and O–H groups in total. The molecule has 1 rings (SSSR count). The van der Waals surface area contributed by atoms with E-state index in [4.69, 9.17) is 5.11 Å². The van der Waals surface area contributed by atoms with Crippen molar-refractivity contribution in [3.63, 3.8) is 0 Å². The van der Waals surface area contributed by atoms with Gasteiger partial charge in [0, 0.05) is 13.0 Å². The highest BCUT2D eigenvalue weighted by Crippen LogP contribution is 2.39. The Balaban J connectivity index is 2.94. The fourth-order valence-corrected chi connectivity index (χ4v) is 2.31. The van der Waals surface area contributed by atoms with Crippen LogP contribution in [0.2, 0.25) is 0 Å². The average molecular weight is 269 g/mol. The smallest absolute Gasteiger partial charge is 0.308 e. The summed E-state index contributed by atoms with van der Waals surface area (Å²) in [7, 11) is 0. The molecule has 0 aromatic rings. The molecule has 1 saturated heterocycles. The summed E-state index contributed by atoms with van der Waals surface area (Å²) in [5.41, 5.74) is -0.697. The number of nitrogens with zero attached hydrogens (tertiary/aromatic N) is 1. The van der Waals surface area contributed by atoms with Crippen molar-refractivity contribution in [3.8, 4) is 0 Å². The molecule has 0 aliphatic carbocycles. The molecule has 108 valence electrons. The van der Waals surface area contributed by atoms with Gasteiger partial charge in [0.15, 0.2) is 0 Å². The van der Waals surface area contributed by atoms with Gasteiger partial charge in [0.2, 0.25) is 11.8 Å². The molecule has 2 atom stereocenters. The van der Waals surface area contributed by atoms with E-state index in [1.807, 2.05) is 13.8 Å². The summed E-state index contributed by atoms with van der Waals surface area (Å²) in [6, 6.07) is 0. The van der Waals surface area contributed by atoms with Crippen molar-refractivity contribution in [3.05, 3.63) is 0 Å². The zero-order chi connectivity index (χ0) is 15.0. The number of aliphatic carboxylic acids is 1. The molecule has 0 saturated carbocycles. The van der Waals surface area contributed by atoms with Crippen molar-refractivity contribution in [1.82, 2.24) is 4.90 Å². The number of likely N-dealkylation sites (tertiary alicyclic amines) is 1. The van der Waals surface area contributed by atoms with Crippen LogP contribution in [0, 0.1) is 23.2 Å². The lowest BCUT2D eigenvalue weighted by atomic mass is 9.78. The van der Waals surface area contributed by atoms with Crippen LogP contribution in [0.4, 0.5) is 0 Å². The van der Waals surface area contributed by atoms with E-state index in [1.54, 1.807) is 20.8 Å². The van der Waals surface area contributed by atoms with Crippen LogP contribution in [0.3, 0.4) is 0 Å². The summed E-state index contributed by atoms with van der Waals surface area (Å²) in [5.74, 6) is -2.23. The summed E-state index contributed by atoms with van der Waals surface area (Å²) in [5, 5.41) is 9.17. The number of imide groups is 1. The molecule has 5 heteroatoms. The van der Waals surface area contributed by atoms with Crippen LogP contribution in [0.5, 0.6) is 0 Å². The SMILES string of the molecule is CC(C)C(CN1C(=O)CC(C)(C(C)C)C1=O)C(=O)O. The van der Waals surface area contributed by atoms with Gasteiger partial charge in [0.05, 0.1) is 11.3 Å². The molecule has 1 heterocycles. The molecule has 2 amide bonds. The van der Waals surface area contributed by atoms with Gasteiger partial charge in [-0.2, -0.15) is 0 Å². The largest absolute Gasteiger partial charge is 0.481 e. The van der Waals surface area contributed by atoms with E-state index < -0.39 is 17.3 Å². The number of carbonyl (C=O) groups is 3. The minimum Gasteiger partial charge on any atom is -0.481 e. The lowest BCUT2D eigenvalue weighted by Gasteiger charge is -2.27. The molecule has 0 spiro atoms. The normalized spacial score (nSPS) is 25.5. The molecule has 0 aromatic heterocycles. The summed E-state index contributed by atoms with van der Waals surface area (Å²) >= 11 is 0. The van der Waals surface area contributed by atoms with Crippen molar-refractivity contribution >= 4 is 17.8 Å². The molecular formula is C14H23NO4. The zero-order valence-corrected chi connectivity index (χ0v) is 12.3. The molecule has 1 aliphatic rings. The second-order valence-corrected chi connectivity index (χ2v) is 6.25. The van der Waals surface area contributed by atoms with E-state index in [2.05, 4.69) is 0 Å². The maximum absolute atomic E-state index is 12.4. The zero-order valence-electron chi connectivity index (χ0n) is 12.3. The Bertz CT molecular complexity index is 402. The first-order valence-electron chi connectivity index (χ1n) is 6.68. The first-order valence-corrected chi connectivity index (χ1v) is 6.68. The third-order valence-electron chi connectivity index (χ3n) is 4.33. The second-order valence-electron chi connectivity index (χ2n) is 6.25. The van der Waals surface area contributed by atoms with Crippen molar-refractivity contribution in [2.45, 2.75) is 41.0 Å². The molecular weight excluding hydrogens is 246 g/mol. The quantitative estimate of drug-likeness (QED) is 0.772. The Morgan fingerprint density at radius 2 is 1.84 bits per heavy atom. The van der Waals surface area contributed by atoms with Gasteiger partial charge in [-0.25, -0.2) is 0 Å². The van der Waals surface area contributed by atoms with E-state index in [1.165, 1.54) is 0 Å². The van der Waals surface area contributed by atoms with Crippen LogP contribution < -0.4 is 0 Å². The molecule has 0 aromatic carbocycles. The molecule has 0 bridgehead atoms. The number of rotatable bonds is 5. The highest BCUT2D eigenvalue weighted by atomic mass is 16.4. The Labute approximate surface area is 114 Å². The molecule has 1 fully saturated rings. The fourth-order valence-electron chi connectivity index (χ4n) is 2.31. The predicted molar refractivity (Wildman–Crippen MR) is 70.2 cm³/mol. The van der Waals surface area contributed by atoms with Gasteiger partial charge in [0.25, 0.3) is 0 Å². The van der Waals surface area contributed by atoms with Crippen LogP contribution in [0.15, 0.2) is 0 Å². The van der Waals surface area contributed by atoms with Crippen LogP contribution in [-0.2, 0) is 14.4 Å². The van der Waals surface area contributed by atoms with Crippen molar-refractivity contribution in [1.29, 1.82) is 0 Å². The monoisotopic (exact) mass is 269 g/mol. The molecule has 1 aliphatic heterocycles. The van der Waals surface area contributed by atoms with Gasteiger partial charge in [-0.3, -0.25) is 19.3 Å². The fraction of sp³-hybridized carbons (Fsp3) is 0.786. The highest BCUT2D eigenvalue weighted by molar-refractivity contribution is 6.06. The Hall–Kier alpha value is -1.39. The van der Waals surface area contributed by atoms with Gasteiger partial charge in [-0.15, -0.1) is 0 Å². The third-order valence-corrected chi connectivity index (χ3v) is 4.33. The van der Waals surface area contributed by atoms with Crippen molar-refractivity contribution in [2.24, 2.45) is 23.2 Å². The third kappa shape index (κ3) is 2.80. The summed E-state index contributed by atoms with van der Waals surface area (Å²) < 4.78 is 0. The maximum atomic E-state index is 12.4. The number of carboxylic acids is 1. The van der Waals surface area contributed by atoms with Crippen LogP contribution in [-0.4, -0.2) is 34.3 Å². The van der Waals surface area contributed by atoms with Crippen LogP contribution >= 0.6 is 0 Å². The Kier molecular flexibility index (Phi) is 4.38. The van der Waals surface area contributed by atoms with Gasteiger partial charge >= 0.3 is 5.97 Å². The van der Waals surface area contributed by atoms with Crippen LogP contribution in [0.1, 0.15) is 41.0 Å². The van der Waals surface area contributed by atoms with Gasteiger partial charge in [0.1, 0.15) is 0 Å². The maximum Gasteiger partial charge on any atom is 0.308 e. The van der Waals surface area contributed by atoms with Gasteiger partial charge in [-0.1, -0.05) is 27.7 Å². The lowest BCUT2D eigenvalue weighted by Crippen LogP contribution is -2.42. The lowest BCUT2D eigenvalue weighted by molar-refractivity contribution is -0.148. The summed E-state index contributed by atoms with van der Waals surface area (Å²) in [4.78, 5) is 36.7. The Morgan fingerprint density at radius 1 is 1.32 bits per heavy atom. The molecule has 5 nitrogen and oxygen atoms in total. The Morgan fingerprint density at radius 3 is 2.16 bits per heavy atom. The molecule has 0 radical (unpaired) electrons. The standard InChI is InChI=1S/C14H23NO4/c1-8(2)10(12(17)18)7-15-11(16)6-14(5,9(3)4)13(15)19/h8-10H,6-7H2,1-5H3,(H,17,18). The van der Waals surface area contributed by atoms with E-state index >= 15 is 0 Å². The van der Waals surface area contributed by atoms with Gasteiger partial charge < -0.3 is 5.11 Å². The minimum absolute atomic E-state index is 0.0209. The van der Waals surface area contributed by atoms with E-state index in [0.717, 1.165) is 4.90 Å². The summed E-state index contributed by atoms with van der Waals surface area (Å²) in [6.07, 6.45) is 0.175. The number of hydrogen-bond acceptors (Lipinski definition) is 3. The molecule has 2 unspecified atom stereocenters. The summed E-state index contributed by atoms with van der Waals surface area (Å²) in [6.45, 7) is 9.14. The minimum atomic E-state index is -0.964. The van der Waals surface area contributed by atoms with Crippen LogP contribution in [0.25, 0.3) is 0 Å². The number of hydrogen-bond donors (Lipinski definition) is 1. The average Bonchev–Trinajstić information content (AvgIpc) is 2.48. The first kappa shape index (κ1) is 15.7. The predicted octanol–water partition coefficient (Wildman–Crippen LogP) is 1.76. The van der Waals surface area contributed by atoms with Crippen molar-refractivity contribution in [2.75, 3.05) is 6.54 Å². The van der Waals surface area contributed by atoms with Gasteiger partial charge in [-0.05, 0) is 18.8 Å². The number of amides is 2. The van der Waals surface area contributed by atoms with E-state index in [9.17, 15) is 14.4 Å². The highest BCUT2D eigenvalue weighted by Gasteiger charge is 2.50.